The summed E-state index contributed by atoms with van der Waals surface area (Å²) in [7, 11) is 3.55. The number of amides is 1. The minimum atomic E-state index is 0.102. The third kappa shape index (κ3) is 4.49. The third-order valence-corrected chi connectivity index (χ3v) is 5.11. The number of piperidine rings is 1. The maximum atomic E-state index is 11.7. The number of aromatic nitrogens is 1. The lowest BCUT2D eigenvalue weighted by Crippen LogP contribution is -2.43. The van der Waals surface area contributed by atoms with Crippen molar-refractivity contribution in [2.45, 2.75) is 38.8 Å². The van der Waals surface area contributed by atoms with Gasteiger partial charge in [0.25, 0.3) is 0 Å². The molecule has 0 spiro atoms. The van der Waals surface area contributed by atoms with E-state index in [4.69, 9.17) is 5.73 Å². The number of thiazole rings is 1. The Labute approximate surface area is 131 Å². The molecule has 2 heterocycles. The largest absolute Gasteiger partial charge is 0.348 e. The van der Waals surface area contributed by atoms with E-state index >= 15 is 0 Å². The summed E-state index contributed by atoms with van der Waals surface area (Å²) >= 11 is 1.58. The van der Waals surface area contributed by atoms with Gasteiger partial charge in [0.2, 0.25) is 5.91 Å². The van der Waals surface area contributed by atoms with Crippen LogP contribution in [0.3, 0.4) is 0 Å². The Kier molecular flexibility index (Phi) is 5.72. The van der Waals surface area contributed by atoms with Crippen LogP contribution in [0, 0.1) is 5.92 Å². The predicted molar refractivity (Wildman–Crippen MR) is 86.2 cm³/mol. The van der Waals surface area contributed by atoms with E-state index in [1.807, 2.05) is 0 Å². The second kappa shape index (κ2) is 7.33. The number of hydrogen-bond donors (Lipinski definition) is 1. The van der Waals surface area contributed by atoms with Gasteiger partial charge in [0, 0.05) is 38.6 Å². The average molecular weight is 310 g/mol. The number of likely N-dealkylation sites (N-methyl/N-ethyl adjacent to an activating group) is 1. The Morgan fingerprint density at radius 3 is 2.95 bits per heavy atom. The zero-order chi connectivity index (χ0) is 15.4. The lowest BCUT2D eigenvalue weighted by molar-refractivity contribution is -0.127. The molecule has 1 aliphatic rings. The average Bonchev–Trinajstić information content (AvgIpc) is 2.88. The molecule has 2 N–H and O–H groups in total. The lowest BCUT2D eigenvalue weighted by atomic mass is 9.93. The van der Waals surface area contributed by atoms with Gasteiger partial charge in [-0.15, -0.1) is 11.3 Å². The summed E-state index contributed by atoms with van der Waals surface area (Å²) in [6, 6.07) is 0.585. The summed E-state index contributed by atoms with van der Waals surface area (Å²) < 4.78 is 0. The van der Waals surface area contributed by atoms with Crippen molar-refractivity contribution in [2.24, 2.45) is 11.7 Å². The molecule has 2 rings (SSSR count). The molecule has 1 fully saturated rings. The molecule has 5 nitrogen and oxygen atoms in total. The number of carbonyl (C=O) groups excluding carboxylic acids is 1. The molecule has 0 saturated carbocycles. The minimum Gasteiger partial charge on any atom is -0.348 e. The van der Waals surface area contributed by atoms with Gasteiger partial charge in [0.05, 0.1) is 12.1 Å². The number of hydrogen-bond acceptors (Lipinski definition) is 5. The summed E-state index contributed by atoms with van der Waals surface area (Å²) in [5.74, 6) is 0.708. The standard InChI is InChI=1S/C15H26N4OS/c1-11-4-5-12(7-16)8-19(11)9-13-10-21-14(17-13)6-15(20)18(2)3/h10-12H,4-9,16H2,1-3H3. The SMILES string of the molecule is CC1CCC(CN)CN1Cc1csc(CC(=O)N(C)C)n1. The van der Waals surface area contributed by atoms with Crippen LogP contribution in [-0.4, -0.2) is 53.9 Å². The molecule has 6 heteroatoms. The summed E-state index contributed by atoms with van der Waals surface area (Å²) in [5, 5.41) is 2.99. The Morgan fingerprint density at radius 1 is 1.52 bits per heavy atom. The number of likely N-dealkylation sites (tertiary alicyclic amines) is 1. The van der Waals surface area contributed by atoms with Gasteiger partial charge in [0.1, 0.15) is 5.01 Å². The van der Waals surface area contributed by atoms with Gasteiger partial charge in [-0.3, -0.25) is 9.69 Å². The van der Waals surface area contributed by atoms with E-state index in [1.54, 1.807) is 30.3 Å². The molecule has 0 bridgehead atoms. The second-order valence-electron chi connectivity index (χ2n) is 6.16. The highest BCUT2D eigenvalue weighted by Gasteiger charge is 2.25. The van der Waals surface area contributed by atoms with Gasteiger partial charge in [-0.25, -0.2) is 4.98 Å². The van der Waals surface area contributed by atoms with Crippen LogP contribution in [0.25, 0.3) is 0 Å². The monoisotopic (exact) mass is 310 g/mol. The summed E-state index contributed by atoms with van der Waals surface area (Å²) in [5.41, 5.74) is 6.88. The van der Waals surface area contributed by atoms with Gasteiger partial charge in [-0.05, 0) is 32.2 Å². The van der Waals surface area contributed by atoms with E-state index < -0.39 is 0 Å². The van der Waals surface area contributed by atoms with Crippen LogP contribution in [0.4, 0.5) is 0 Å². The van der Waals surface area contributed by atoms with Crippen molar-refractivity contribution in [1.29, 1.82) is 0 Å². The van der Waals surface area contributed by atoms with Crippen molar-refractivity contribution in [2.75, 3.05) is 27.2 Å². The molecular weight excluding hydrogens is 284 g/mol. The van der Waals surface area contributed by atoms with Gasteiger partial charge >= 0.3 is 0 Å². The Balaban J connectivity index is 1.93. The van der Waals surface area contributed by atoms with Crippen LogP contribution in [0.1, 0.15) is 30.5 Å². The van der Waals surface area contributed by atoms with Crippen molar-refractivity contribution in [3.63, 3.8) is 0 Å². The molecule has 0 aromatic carbocycles. The van der Waals surface area contributed by atoms with Crippen molar-refractivity contribution >= 4 is 17.2 Å². The lowest BCUT2D eigenvalue weighted by Gasteiger charge is -2.37. The van der Waals surface area contributed by atoms with Crippen LogP contribution in [-0.2, 0) is 17.8 Å². The van der Waals surface area contributed by atoms with Gasteiger partial charge in [-0.2, -0.15) is 0 Å². The van der Waals surface area contributed by atoms with Crippen molar-refractivity contribution < 1.29 is 4.79 Å². The van der Waals surface area contributed by atoms with Crippen LogP contribution >= 0.6 is 11.3 Å². The zero-order valence-corrected chi connectivity index (χ0v) is 14.0. The molecule has 0 radical (unpaired) electrons. The zero-order valence-electron chi connectivity index (χ0n) is 13.2. The maximum absolute atomic E-state index is 11.7. The molecule has 21 heavy (non-hydrogen) atoms. The summed E-state index contributed by atoms with van der Waals surface area (Å²) in [6.45, 7) is 4.96. The van der Waals surface area contributed by atoms with E-state index in [9.17, 15) is 4.79 Å². The van der Waals surface area contributed by atoms with Gasteiger partial charge < -0.3 is 10.6 Å². The Morgan fingerprint density at radius 2 is 2.29 bits per heavy atom. The second-order valence-corrected chi connectivity index (χ2v) is 7.10. The molecule has 118 valence electrons. The van der Waals surface area contributed by atoms with Crippen LogP contribution in [0.2, 0.25) is 0 Å². The van der Waals surface area contributed by atoms with Crippen LogP contribution < -0.4 is 5.73 Å². The topological polar surface area (TPSA) is 62.5 Å². The first-order valence-electron chi connectivity index (χ1n) is 7.57. The molecule has 1 saturated heterocycles. The molecule has 1 aromatic rings. The predicted octanol–water partition coefficient (Wildman–Crippen LogP) is 1.33. The fraction of sp³-hybridized carbons (Fsp3) is 0.733. The fourth-order valence-corrected chi connectivity index (χ4v) is 3.45. The first-order valence-corrected chi connectivity index (χ1v) is 8.45. The summed E-state index contributed by atoms with van der Waals surface area (Å²) in [6.07, 6.45) is 2.84. The van der Waals surface area contributed by atoms with Crippen molar-refractivity contribution in [3.8, 4) is 0 Å². The number of nitrogens with zero attached hydrogens (tertiary/aromatic N) is 3. The summed E-state index contributed by atoms with van der Waals surface area (Å²) in [4.78, 5) is 20.4. The molecular formula is C15H26N4OS. The highest BCUT2D eigenvalue weighted by Crippen LogP contribution is 2.23. The molecule has 0 aliphatic carbocycles. The fourth-order valence-electron chi connectivity index (χ4n) is 2.67. The van der Waals surface area contributed by atoms with Crippen LogP contribution in [0.5, 0.6) is 0 Å². The van der Waals surface area contributed by atoms with Crippen molar-refractivity contribution in [3.05, 3.63) is 16.1 Å². The smallest absolute Gasteiger partial charge is 0.228 e. The maximum Gasteiger partial charge on any atom is 0.228 e. The molecule has 1 amide bonds. The molecule has 2 unspecified atom stereocenters. The first-order chi connectivity index (χ1) is 9.99. The van der Waals surface area contributed by atoms with E-state index in [2.05, 4.69) is 22.2 Å². The molecule has 2 atom stereocenters. The minimum absolute atomic E-state index is 0.102. The first kappa shape index (κ1) is 16.4. The van der Waals surface area contributed by atoms with Gasteiger partial charge in [0.15, 0.2) is 0 Å². The highest BCUT2D eigenvalue weighted by atomic mass is 32.1. The van der Waals surface area contributed by atoms with E-state index in [1.165, 1.54) is 12.8 Å². The normalized spacial score (nSPS) is 23.2. The third-order valence-electron chi connectivity index (χ3n) is 4.21. The van der Waals surface area contributed by atoms with Gasteiger partial charge in [-0.1, -0.05) is 0 Å². The van der Waals surface area contributed by atoms with E-state index in [0.717, 1.165) is 30.3 Å². The van der Waals surface area contributed by atoms with E-state index in [0.29, 0.717) is 18.4 Å². The number of rotatable bonds is 5. The Hall–Kier alpha value is -0.980. The molecule has 1 aromatic heterocycles. The molecule has 1 aliphatic heterocycles. The van der Waals surface area contributed by atoms with E-state index in [-0.39, 0.29) is 5.91 Å². The van der Waals surface area contributed by atoms with Crippen LogP contribution in [0.15, 0.2) is 5.38 Å². The Bertz CT molecular complexity index is 474. The number of nitrogens with two attached hydrogens (primary N) is 1. The number of carbonyl (C=O) groups is 1. The van der Waals surface area contributed by atoms with Crippen molar-refractivity contribution in [1.82, 2.24) is 14.8 Å². The highest BCUT2D eigenvalue weighted by molar-refractivity contribution is 7.09. The quantitative estimate of drug-likeness (QED) is 0.891.